The predicted molar refractivity (Wildman–Crippen MR) is 63.6 cm³/mol. The van der Waals surface area contributed by atoms with E-state index in [0.717, 1.165) is 3.57 Å². The molecule has 0 spiro atoms. The number of rotatable bonds is 3. The Morgan fingerprint density at radius 2 is 2.23 bits per heavy atom. The SMILES string of the molecule is O=C(CCBr)c1ccc(I)cc1O. The maximum absolute atomic E-state index is 11.4. The van der Waals surface area contributed by atoms with E-state index in [-0.39, 0.29) is 11.5 Å². The first-order valence-corrected chi connectivity index (χ1v) is 5.93. The Kier molecular flexibility index (Phi) is 4.18. The van der Waals surface area contributed by atoms with Crippen molar-refractivity contribution >= 4 is 44.3 Å². The highest BCUT2D eigenvalue weighted by molar-refractivity contribution is 14.1. The van der Waals surface area contributed by atoms with E-state index in [9.17, 15) is 9.90 Å². The molecule has 0 fully saturated rings. The van der Waals surface area contributed by atoms with Gasteiger partial charge in [-0.1, -0.05) is 15.9 Å². The Balaban J connectivity index is 2.95. The maximum Gasteiger partial charge on any atom is 0.167 e. The molecule has 0 saturated heterocycles. The van der Waals surface area contributed by atoms with E-state index >= 15 is 0 Å². The molecular formula is C9H8BrIO2. The predicted octanol–water partition coefficient (Wildman–Crippen LogP) is 2.96. The number of ketones is 1. The molecule has 1 rings (SSSR count). The molecule has 70 valence electrons. The average molecular weight is 355 g/mol. The van der Waals surface area contributed by atoms with Gasteiger partial charge in [0.05, 0.1) is 5.56 Å². The Labute approximate surface area is 98.6 Å². The Bertz CT molecular complexity index is 325. The van der Waals surface area contributed by atoms with Crippen LogP contribution in [0.2, 0.25) is 0 Å². The van der Waals surface area contributed by atoms with Crippen LogP contribution in [0.3, 0.4) is 0 Å². The smallest absolute Gasteiger partial charge is 0.167 e. The highest BCUT2D eigenvalue weighted by Crippen LogP contribution is 2.21. The summed E-state index contributed by atoms with van der Waals surface area (Å²) in [7, 11) is 0. The number of halogens is 2. The lowest BCUT2D eigenvalue weighted by Gasteiger charge is -2.02. The fraction of sp³-hybridized carbons (Fsp3) is 0.222. The van der Waals surface area contributed by atoms with Gasteiger partial charge in [0.2, 0.25) is 0 Å². The molecule has 0 aliphatic carbocycles. The Hall–Kier alpha value is -0.100. The molecule has 0 aromatic heterocycles. The van der Waals surface area contributed by atoms with Gasteiger partial charge >= 0.3 is 0 Å². The van der Waals surface area contributed by atoms with E-state index in [0.29, 0.717) is 17.3 Å². The van der Waals surface area contributed by atoms with Gasteiger partial charge in [-0.05, 0) is 40.8 Å². The second-order valence-electron chi connectivity index (χ2n) is 2.52. The van der Waals surface area contributed by atoms with Crippen molar-refractivity contribution in [2.24, 2.45) is 0 Å². The number of alkyl halides is 1. The summed E-state index contributed by atoms with van der Waals surface area (Å²) >= 11 is 5.27. The van der Waals surface area contributed by atoms with Gasteiger partial charge in [-0.25, -0.2) is 0 Å². The van der Waals surface area contributed by atoms with Gasteiger partial charge in [-0.15, -0.1) is 0 Å². The molecule has 1 N–H and O–H groups in total. The fourth-order valence-corrected chi connectivity index (χ4v) is 1.80. The summed E-state index contributed by atoms with van der Waals surface area (Å²) in [5.74, 6) is 0.0311. The summed E-state index contributed by atoms with van der Waals surface area (Å²) in [6.45, 7) is 0. The number of benzene rings is 1. The topological polar surface area (TPSA) is 37.3 Å². The van der Waals surface area contributed by atoms with E-state index < -0.39 is 0 Å². The third kappa shape index (κ3) is 2.95. The number of phenolic OH excluding ortho intramolecular Hbond substituents is 1. The molecule has 0 aliphatic heterocycles. The van der Waals surface area contributed by atoms with Gasteiger partial charge in [0, 0.05) is 15.3 Å². The van der Waals surface area contributed by atoms with Gasteiger partial charge in [0.25, 0.3) is 0 Å². The van der Waals surface area contributed by atoms with Crippen molar-refractivity contribution in [1.82, 2.24) is 0 Å². The lowest BCUT2D eigenvalue weighted by Crippen LogP contribution is -1.99. The largest absolute Gasteiger partial charge is 0.507 e. The number of phenols is 1. The number of hydrogen-bond acceptors (Lipinski definition) is 2. The van der Waals surface area contributed by atoms with E-state index in [2.05, 4.69) is 38.5 Å². The van der Waals surface area contributed by atoms with Gasteiger partial charge in [0.1, 0.15) is 5.75 Å². The summed E-state index contributed by atoms with van der Waals surface area (Å²) in [6.07, 6.45) is 0.411. The van der Waals surface area contributed by atoms with Crippen LogP contribution in [0.25, 0.3) is 0 Å². The molecule has 0 radical (unpaired) electrons. The van der Waals surface area contributed by atoms with E-state index in [4.69, 9.17) is 0 Å². The van der Waals surface area contributed by atoms with Crippen molar-refractivity contribution in [2.45, 2.75) is 6.42 Å². The molecule has 0 saturated carbocycles. The average Bonchev–Trinajstić information content (AvgIpc) is 2.04. The first-order valence-electron chi connectivity index (χ1n) is 3.73. The first kappa shape index (κ1) is 11.0. The number of carbonyl (C=O) groups excluding carboxylic acids is 1. The Morgan fingerprint density at radius 1 is 1.54 bits per heavy atom. The van der Waals surface area contributed by atoms with Crippen molar-refractivity contribution in [3.8, 4) is 5.75 Å². The van der Waals surface area contributed by atoms with Crippen LogP contribution in [0.5, 0.6) is 5.75 Å². The van der Waals surface area contributed by atoms with Crippen molar-refractivity contribution in [2.75, 3.05) is 5.33 Å². The Morgan fingerprint density at radius 3 is 2.77 bits per heavy atom. The van der Waals surface area contributed by atoms with Gasteiger partial charge in [-0.2, -0.15) is 0 Å². The lowest BCUT2D eigenvalue weighted by molar-refractivity contribution is 0.0987. The van der Waals surface area contributed by atoms with Crippen LogP contribution < -0.4 is 0 Å². The van der Waals surface area contributed by atoms with Gasteiger partial charge < -0.3 is 5.11 Å². The minimum atomic E-state index is -0.0363. The van der Waals surface area contributed by atoms with Crippen LogP contribution in [0.15, 0.2) is 18.2 Å². The van der Waals surface area contributed by atoms with E-state index in [1.54, 1.807) is 12.1 Å². The molecule has 0 atom stereocenters. The van der Waals surface area contributed by atoms with Crippen LogP contribution in [0.1, 0.15) is 16.8 Å². The first-order chi connectivity index (χ1) is 6.15. The zero-order valence-electron chi connectivity index (χ0n) is 6.76. The molecule has 0 heterocycles. The van der Waals surface area contributed by atoms with Crippen molar-refractivity contribution in [3.05, 3.63) is 27.3 Å². The zero-order chi connectivity index (χ0) is 9.84. The van der Waals surface area contributed by atoms with Crippen molar-refractivity contribution in [3.63, 3.8) is 0 Å². The molecule has 0 amide bonds. The normalized spacial score (nSPS) is 10.0. The number of Topliss-reactive ketones (excluding diaryl/α,β-unsaturated/α-hetero) is 1. The second-order valence-corrected chi connectivity index (χ2v) is 4.56. The summed E-state index contributed by atoms with van der Waals surface area (Å²) in [5, 5.41) is 10.1. The highest BCUT2D eigenvalue weighted by Gasteiger charge is 2.09. The number of aromatic hydroxyl groups is 1. The van der Waals surface area contributed by atoms with Crippen LogP contribution in [0, 0.1) is 3.57 Å². The maximum atomic E-state index is 11.4. The zero-order valence-corrected chi connectivity index (χ0v) is 10.5. The van der Waals surface area contributed by atoms with Crippen LogP contribution >= 0.6 is 38.5 Å². The second kappa shape index (κ2) is 4.95. The molecule has 0 aliphatic rings. The van der Waals surface area contributed by atoms with Crippen molar-refractivity contribution < 1.29 is 9.90 Å². The van der Waals surface area contributed by atoms with Crippen LogP contribution in [-0.2, 0) is 0 Å². The quantitative estimate of drug-likeness (QED) is 0.514. The molecule has 13 heavy (non-hydrogen) atoms. The standard InChI is InChI=1S/C9H8BrIO2/c10-4-3-8(12)7-2-1-6(11)5-9(7)13/h1-2,5,13H,3-4H2. The van der Waals surface area contributed by atoms with E-state index in [1.807, 2.05) is 6.07 Å². The number of carbonyl (C=O) groups is 1. The molecule has 0 bridgehead atoms. The highest BCUT2D eigenvalue weighted by atomic mass is 127. The van der Waals surface area contributed by atoms with E-state index in [1.165, 1.54) is 0 Å². The minimum Gasteiger partial charge on any atom is -0.507 e. The third-order valence-corrected chi connectivity index (χ3v) is 2.65. The number of hydrogen-bond donors (Lipinski definition) is 1. The van der Waals surface area contributed by atoms with Crippen LogP contribution in [-0.4, -0.2) is 16.2 Å². The lowest BCUT2D eigenvalue weighted by atomic mass is 10.1. The summed E-state index contributed by atoms with van der Waals surface area (Å²) < 4.78 is 0.922. The monoisotopic (exact) mass is 354 g/mol. The van der Waals surface area contributed by atoms with Gasteiger partial charge in [-0.3, -0.25) is 4.79 Å². The summed E-state index contributed by atoms with van der Waals surface area (Å²) in [4.78, 5) is 11.4. The van der Waals surface area contributed by atoms with Crippen LogP contribution in [0.4, 0.5) is 0 Å². The molecular weight excluding hydrogens is 347 g/mol. The fourth-order valence-electron chi connectivity index (χ4n) is 0.961. The van der Waals surface area contributed by atoms with Crippen molar-refractivity contribution in [1.29, 1.82) is 0 Å². The summed E-state index contributed by atoms with van der Waals surface area (Å²) in [5.41, 5.74) is 0.403. The molecule has 0 unspecified atom stereocenters. The molecule has 1 aromatic rings. The summed E-state index contributed by atoms with van der Waals surface area (Å²) in [6, 6.07) is 5.05. The molecule has 2 nitrogen and oxygen atoms in total. The molecule has 4 heteroatoms. The third-order valence-electron chi connectivity index (χ3n) is 1.58. The minimum absolute atomic E-state index is 0.0363. The van der Waals surface area contributed by atoms with Gasteiger partial charge in [0.15, 0.2) is 5.78 Å². The molecule has 1 aromatic carbocycles.